The van der Waals surface area contributed by atoms with E-state index in [0.717, 1.165) is 19.4 Å². The van der Waals surface area contributed by atoms with Gasteiger partial charge in [-0.05, 0) is 32.9 Å². The number of hydrogen-bond acceptors (Lipinski definition) is 5. The van der Waals surface area contributed by atoms with Crippen LogP contribution >= 0.6 is 11.6 Å². The molecular weight excluding hydrogens is 280 g/mol. The number of aromatic nitrogens is 2. The molecule has 0 radical (unpaired) electrons. The van der Waals surface area contributed by atoms with Crippen LogP contribution in [0.5, 0.6) is 0 Å². The summed E-state index contributed by atoms with van der Waals surface area (Å²) in [6.07, 6.45) is 3.03. The van der Waals surface area contributed by atoms with E-state index < -0.39 is 0 Å². The first kappa shape index (κ1) is 15.3. The summed E-state index contributed by atoms with van der Waals surface area (Å²) in [5, 5.41) is 16.7. The van der Waals surface area contributed by atoms with Crippen LogP contribution in [-0.2, 0) is 6.54 Å². The maximum atomic E-state index is 12.1. The maximum Gasteiger partial charge on any atom is 0.287 e. The lowest BCUT2D eigenvalue weighted by Crippen LogP contribution is -2.34. The highest BCUT2D eigenvalue weighted by Gasteiger charge is 2.26. The molecule has 0 spiro atoms. The molecule has 2 N–H and O–H groups in total. The van der Waals surface area contributed by atoms with E-state index in [4.69, 9.17) is 11.6 Å². The number of nitrogens with zero attached hydrogens (tertiary/aromatic N) is 3. The fourth-order valence-corrected chi connectivity index (χ4v) is 2.38. The van der Waals surface area contributed by atoms with E-state index in [9.17, 15) is 9.90 Å². The molecule has 20 heavy (non-hydrogen) atoms. The summed E-state index contributed by atoms with van der Waals surface area (Å²) in [5.41, 5.74) is 0.298. The first-order valence-electron chi connectivity index (χ1n) is 6.79. The van der Waals surface area contributed by atoms with Crippen LogP contribution in [0.4, 0.5) is 5.69 Å². The standard InChI is InChI=1S/C13H21ClN4O2/c1-17(2)3-4-18-13(20)12(14)11(8-16-18)15-7-9-5-10(19)6-9/h8-10,15,19H,3-7H2,1-2H3. The van der Waals surface area contributed by atoms with E-state index in [-0.39, 0.29) is 16.7 Å². The van der Waals surface area contributed by atoms with Crippen molar-refractivity contribution in [1.82, 2.24) is 14.7 Å². The fraction of sp³-hybridized carbons (Fsp3) is 0.692. The van der Waals surface area contributed by atoms with E-state index in [1.165, 1.54) is 4.68 Å². The van der Waals surface area contributed by atoms with Crippen molar-refractivity contribution in [2.75, 3.05) is 32.5 Å². The Kier molecular flexibility index (Phi) is 5.01. The minimum absolute atomic E-state index is 0.172. The van der Waals surface area contributed by atoms with Gasteiger partial charge >= 0.3 is 0 Å². The van der Waals surface area contributed by atoms with Crippen LogP contribution in [0.25, 0.3) is 0 Å². The van der Waals surface area contributed by atoms with Gasteiger partial charge in [0.15, 0.2) is 0 Å². The Hall–Kier alpha value is -1.11. The smallest absolute Gasteiger partial charge is 0.287 e. The molecule has 1 aromatic heterocycles. The lowest BCUT2D eigenvalue weighted by molar-refractivity contribution is 0.0487. The summed E-state index contributed by atoms with van der Waals surface area (Å²) in [6, 6.07) is 0. The third-order valence-corrected chi connectivity index (χ3v) is 3.90. The Labute approximate surface area is 123 Å². The Balaban J connectivity index is 1.97. The summed E-state index contributed by atoms with van der Waals surface area (Å²) in [6.45, 7) is 1.95. The average molecular weight is 301 g/mol. The van der Waals surface area contributed by atoms with E-state index in [1.54, 1.807) is 6.20 Å². The molecule has 1 saturated carbocycles. The number of likely N-dealkylation sites (N-methyl/N-ethyl adjacent to an activating group) is 1. The van der Waals surface area contributed by atoms with Crippen molar-refractivity contribution in [1.29, 1.82) is 0 Å². The molecule has 1 aliphatic rings. The van der Waals surface area contributed by atoms with Gasteiger partial charge in [-0.3, -0.25) is 4.79 Å². The van der Waals surface area contributed by atoms with Gasteiger partial charge in [-0.15, -0.1) is 0 Å². The van der Waals surface area contributed by atoms with Gasteiger partial charge < -0.3 is 15.3 Å². The lowest BCUT2D eigenvalue weighted by atomic mass is 9.82. The van der Waals surface area contributed by atoms with Crippen LogP contribution in [0.15, 0.2) is 11.0 Å². The fourth-order valence-electron chi connectivity index (χ4n) is 2.16. The number of halogens is 1. The summed E-state index contributed by atoms with van der Waals surface area (Å²) < 4.78 is 1.38. The molecule has 1 fully saturated rings. The topological polar surface area (TPSA) is 70.4 Å². The van der Waals surface area contributed by atoms with Gasteiger partial charge in [0.2, 0.25) is 0 Å². The molecule has 1 heterocycles. The third-order valence-electron chi connectivity index (χ3n) is 3.54. The molecule has 7 heteroatoms. The Morgan fingerprint density at radius 1 is 1.55 bits per heavy atom. The van der Waals surface area contributed by atoms with Crippen molar-refractivity contribution in [2.24, 2.45) is 5.92 Å². The van der Waals surface area contributed by atoms with Crippen molar-refractivity contribution in [3.8, 4) is 0 Å². The Bertz CT molecular complexity index is 512. The quantitative estimate of drug-likeness (QED) is 0.807. The van der Waals surface area contributed by atoms with Crippen molar-refractivity contribution in [3.63, 3.8) is 0 Å². The van der Waals surface area contributed by atoms with Crippen LogP contribution in [0, 0.1) is 5.92 Å². The zero-order chi connectivity index (χ0) is 14.7. The number of aliphatic hydroxyl groups is 1. The van der Waals surface area contributed by atoms with Gasteiger partial charge in [0, 0.05) is 13.1 Å². The minimum atomic E-state index is -0.271. The molecule has 1 aliphatic carbocycles. The van der Waals surface area contributed by atoms with Gasteiger partial charge in [0.1, 0.15) is 5.02 Å². The maximum absolute atomic E-state index is 12.1. The van der Waals surface area contributed by atoms with E-state index in [2.05, 4.69) is 10.4 Å². The predicted molar refractivity (Wildman–Crippen MR) is 79.3 cm³/mol. The van der Waals surface area contributed by atoms with Crippen LogP contribution in [0.3, 0.4) is 0 Å². The molecule has 2 rings (SSSR count). The largest absolute Gasteiger partial charge is 0.393 e. The highest BCUT2D eigenvalue weighted by atomic mass is 35.5. The Morgan fingerprint density at radius 3 is 2.85 bits per heavy atom. The van der Waals surface area contributed by atoms with Crippen molar-refractivity contribution in [2.45, 2.75) is 25.5 Å². The van der Waals surface area contributed by atoms with Gasteiger partial charge in [-0.2, -0.15) is 5.10 Å². The average Bonchev–Trinajstić information content (AvgIpc) is 2.36. The van der Waals surface area contributed by atoms with Gasteiger partial charge in [-0.25, -0.2) is 4.68 Å². The zero-order valence-electron chi connectivity index (χ0n) is 11.8. The number of rotatable bonds is 6. The molecule has 112 valence electrons. The van der Waals surface area contributed by atoms with Crippen molar-refractivity contribution >= 4 is 17.3 Å². The summed E-state index contributed by atoms with van der Waals surface area (Å²) in [4.78, 5) is 14.0. The van der Waals surface area contributed by atoms with Crippen LogP contribution < -0.4 is 10.9 Å². The van der Waals surface area contributed by atoms with Crippen LogP contribution in [-0.4, -0.2) is 53.1 Å². The molecule has 0 bridgehead atoms. The molecule has 0 aromatic carbocycles. The normalized spacial score (nSPS) is 21.9. The molecule has 0 aliphatic heterocycles. The molecule has 0 saturated heterocycles. The Morgan fingerprint density at radius 2 is 2.25 bits per heavy atom. The van der Waals surface area contributed by atoms with Crippen LogP contribution in [0.1, 0.15) is 12.8 Å². The molecule has 0 atom stereocenters. The molecule has 0 amide bonds. The predicted octanol–water partition coefficient (Wildman–Crippen LogP) is 0.641. The summed E-state index contributed by atoms with van der Waals surface area (Å²) >= 11 is 6.09. The second-order valence-corrected chi connectivity index (χ2v) is 5.95. The van der Waals surface area contributed by atoms with E-state index in [1.807, 2.05) is 19.0 Å². The minimum Gasteiger partial charge on any atom is -0.393 e. The highest BCUT2D eigenvalue weighted by molar-refractivity contribution is 6.32. The lowest BCUT2D eigenvalue weighted by Gasteiger charge is -2.31. The second kappa shape index (κ2) is 6.56. The third kappa shape index (κ3) is 3.71. The number of hydrogen-bond donors (Lipinski definition) is 2. The summed E-state index contributed by atoms with van der Waals surface area (Å²) in [7, 11) is 3.88. The first-order valence-corrected chi connectivity index (χ1v) is 7.17. The number of anilines is 1. The van der Waals surface area contributed by atoms with Gasteiger partial charge in [-0.1, -0.05) is 11.6 Å². The monoisotopic (exact) mass is 300 g/mol. The molecule has 1 aromatic rings. The molecular formula is C13H21ClN4O2. The summed E-state index contributed by atoms with van der Waals surface area (Å²) in [5.74, 6) is 0.442. The number of nitrogens with one attached hydrogen (secondary N) is 1. The molecule has 0 unspecified atom stereocenters. The van der Waals surface area contributed by atoms with E-state index in [0.29, 0.717) is 24.7 Å². The second-order valence-electron chi connectivity index (χ2n) is 5.58. The van der Waals surface area contributed by atoms with Crippen LogP contribution in [0.2, 0.25) is 5.02 Å². The molecule has 6 nitrogen and oxygen atoms in total. The van der Waals surface area contributed by atoms with Crippen molar-refractivity contribution in [3.05, 3.63) is 21.6 Å². The zero-order valence-corrected chi connectivity index (χ0v) is 12.6. The van der Waals surface area contributed by atoms with E-state index >= 15 is 0 Å². The number of aliphatic hydroxyl groups excluding tert-OH is 1. The van der Waals surface area contributed by atoms with Gasteiger partial charge in [0.05, 0.1) is 24.5 Å². The SMILES string of the molecule is CN(C)CCn1ncc(NCC2CC(O)C2)c(Cl)c1=O. The highest BCUT2D eigenvalue weighted by Crippen LogP contribution is 2.27. The first-order chi connectivity index (χ1) is 9.47. The van der Waals surface area contributed by atoms with Gasteiger partial charge in [0.25, 0.3) is 5.56 Å². The van der Waals surface area contributed by atoms with Crippen molar-refractivity contribution < 1.29 is 5.11 Å².